The molecule has 1 aromatic rings. The molecule has 0 aliphatic heterocycles. The summed E-state index contributed by atoms with van der Waals surface area (Å²) in [6.07, 6.45) is -1.90. The van der Waals surface area contributed by atoms with Crippen molar-refractivity contribution >= 4 is 5.97 Å². The van der Waals surface area contributed by atoms with Crippen molar-refractivity contribution in [3.05, 3.63) is 35.4 Å². The van der Waals surface area contributed by atoms with Gasteiger partial charge in [0.25, 0.3) is 0 Å². The fraction of sp³-hybridized carbons (Fsp3) is 0.333. The normalized spacial score (nSPS) is 13.5. The minimum absolute atomic E-state index is 0.110. The van der Waals surface area contributed by atoms with E-state index < -0.39 is 18.2 Å². The summed E-state index contributed by atoms with van der Waals surface area (Å²) in [5, 5.41) is 8.61. The molecule has 1 unspecified atom stereocenters. The molecule has 0 heterocycles. The highest BCUT2D eigenvalue weighted by Crippen LogP contribution is 2.18. The molecule has 0 spiro atoms. The van der Waals surface area contributed by atoms with Crippen LogP contribution in [0.3, 0.4) is 0 Å². The molecule has 1 rings (SSSR count). The van der Waals surface area contributed by atoms with Crippen molar-refractivity contribution in [1.29, 1.82) is 5.26 Å². The number of rotatable bonds is 4. The topological polar surface area (TPSA) is 76.1 Å². The Kier molecular flexibility index (Phi) is 4.61. The van der Waals surface area contributed by atoms with Crippen molar-refractivity contribution < 1.29 is 13.9 Å². The lowest BCUT2D eigenvalue weighted by atomic mass is 10.0. The zero-order valence-electron chi connectivity index (χ0n) is 9.39. The molecule has 0 bridgehead atoms. The molecule has 4 nitrogen and oxygen atoms in total. The highest BCUT2D eigenvalue weighted by atomic mass is 19.1. The van der Waals surface area contributed by atoms with Crippen molar-refractivity contribution in [1.82, 2.24) is 0 Å². The zero-order chi connectivity index (χ0) is 12.8. The second-order valence-corrected chi connectivity index (χ2v) is 3.41. The number of alkyl halides is 1. The van der Waals surface area contributed by atoms with Crippen LogP contribution in [-0.4, -0.2) is 18.7 Å². The fourth-order valence-corrected chi connectivity index (χ4v) is 1.32. The summed E-state index contributed by atoms with van der Waals surface area (Å²) in [6, 6.07) is 6.95. The minimum atomic E-state index is -1.90. The van der Waals surface area contributed by atoms with Gasteiger partial charge in [0, 0.05) is 0 Å². The van der Waals surface area contributed by atoms with Gasteiger partial charge >= 0.3 is 5.97 Å². The Morgan fingerprint density at radius 3 is 2.59 bits per heavy atom. The van der Waals surface area contributed by atoms with E-state index in [1.54, 1.807) is 6.92 Å². The number of esters is 1. The Labute approximate surface area is 98.8 Å². The van der Waals surface area contributed by atoms with Gasteiger partial charge in [-0.15, -0.1) is 0 Å². The number of hydrogen-bond acceptors (Lipinski definition) is 4. The Morgan fingerprint density at radius 2 is 2.12 bits per heavy atom. The van der Waals surface area contributed by atoms with Gasteiger partial charge in [-0.25, -0.2) is 9.18 Å². The van der Waals surface area contributed by atoms with Crippen LogP contribution in [0, 0.1) is 11.3 Å². The van der Waals surface area contributed by atoms with Crippen LogP contribution >= 0.6 is 0 Å². The van der Waals surface area contributed by atoms with Gasteiger partial charge in [-0.05, 0) is 24.6 Å². The first-order valence-corrected chi connectivity index (χ1v) is 5.16. The molecule has 0 radical (unpaired) electrons. The third kappa shape index (κ3) is 3.26. The fourth-order valence-electron chi connectivity index (χ4n) is 1.32. The number of halogens is 1. The number of carbonyl (C=O) groups is 1. The van der Waals surface area contributed by atoms with E-state index in [1.807, 2.05) is 6.07 Å². The van der Waals surface area contributed by atoms with Crippen LogP contribution in [0.4, 0.5) is 4.39 Å². The van der Waals surface area contributed by atoms with Gasteiger partial charge < -0.3 is 10.5 Å². The smallest absolute Gasteiger partial charge is 0.342 e. The molecule has 2 N–H and O–H groups in total. The highest BCUT2D eigenvalue weighted by Gasteiger charge is 2.27. The van der Waals surface area contributed by atoms with E-state index in [1.165, 1.54) is 24.3 Å². The highest BCUT2D eigenvalue weighted by molar-refractivity contribution is 5.75. The predicted molar refractivity (Wildman–Crippen MR) is 59.6 cm³/mol. The lowest BCUT2D eigenvalue weighted by Gasteiger charge is -2.15. The molecule has 0 amide bonds. The molecule has 90 valence electrons. The Morgan fingerprint density at radius 1 is 1.53 bits per heavy atom. The minimum Gasteiger partial charge on any atom is -0.464 e. The predicted octanol–water partition coefficient (Wildman–Crippen LogP) is 1.46. The Hall–Kier alpha value is -1.93. The van der Waals surface area contributed by atoms with E-state index >= 15 is 0 Å². The van der Waals surface area contributed by atoms with Crippen molar-refractivity contribution in [3.8, 4) is 6.07 Å². The molecule has 0 saturated carbocycles. The summed E-state index contributed by atoms with van der Waals surface area (Å²) < 4.78 is 18.1. The first kappa shape index (κ1) is 13.1. The van der Waals surface area contributed by atoms with Gasteiger partial charge in [0.1, 0.15) is 0 Å². The molecule has 17 heavy (non-hydrogen) atoms. The summed E-state index contributed by atoms with van der Waals surface area (Å²) in [7, 11) is 0. The second-order valence-electron chi connectivity index (χ2n) is 3.41. The lowest BCUT2D eigenvalue weighted by molar-refractivity contribution is -0.149. The van der Waals surface area contributed by atoms with Crippen molar-refractivity contribution in [3.63, 3.8) is 0 Å². The number of hydrogen-bond donors (Lipinski definition) is 1. The van der Waals surface area contributed by atoms with Crippen LogP contribution < -0.4 is 5.73 Å². The van der Waals surface area contributed by atoms with E-state index in [-0.39, 0.29) is 6.61 Å². The van der Waals surface area contributed by atoms with Gasteiger partial charge in [0.05, 0.1) is 24.3 Å². The van der Waals surface area contributed by atoms with E-state index in [9.17, 15) is 9.18 Å². The first-order valence-electron chi connectivity index (χ1n) is 5.16. The lowest BCUT2D eigenvalue weighted by Crippen LogP contribution is -2.31. The standard InChI is InChI=1S/C12H13FN2O2/c1-2-17-12(16)10(13)11(15)9-5-3-8(7-14)4-6-9/h3-6,10-11H,2,15H2,1H3/t10?,11-/m0/s1. The molecule has 0 aliphatic rings. The zero-order valence-corrected chi connectivity index (χ0v) is 9.39. The molecule has 1 aromatic carbocycles. The largest absolute Gasteiger partial charge is 0.464 e. The third-order valence-electron chi connectivity index (χ3n) is 2.25. The molecular weight excluding hydrogens is 223 g/mol. The molecule has 0 fully saturated rings. The van der Waals surface area contributed by atoms with Gasteiger partial charge in [-0.3, -0.25) is 0 Å². The van der Waals surface area contributed by atoms with Crippen molar-refractivity contribution in [2.24, 2.45) is 5.73 Å². The van der Waals surface area contributed by atoms with Crippen molar-refractivity contribution in [2.45, 2.75) is 19.1 Å². The average molecular weight is 236 g/mol. The summed E-state index contributed by atoms with van der Waals surface area (Å²) >= 11 is 0. The average Bonchev–Trinajstić information content (AvgIpc) is 2.37. The van der Waals surface area contributed by atoms with E-state index in [4.69, 9.17) is 11.0 Å². The SMILES string of the molecule is CCOC(=O)C(F)[C@@H](N)c1ccc(C#N)cc1. The van der Waals surface area contributed by atoms with Crippen LogP contribution in [0.25, 0.3) is 0 Å². The monoisotopic (exact) mass is 236 g/mol. The van der Waals surface area contributed by atoms with Crippen LogP contribution in [0.1, 0.15) is 24.1 Å². The van der Waals surface area contributed by atoms with E-state index in [0.717, 1.165) is 0 Å². The van der Waals surface area contributed by atoms with Gasteiger partial charge in [0.15, 0.2) is 0 Å². The van der Waals surface area contributed by atoms with Crippen LogP contribution in [-0.2, 0) is 9.53 Å². The summed E-state index contributed by atoms with van der Waals surface area (Å²) in [4.78, 5) is 11.2. The van der Waals surface area contributed by atoms with Crippen LogP contribution in [0.2, 0.25) is 0 Å². The number of benzene rings is 1. The molecule has 5 heteroatoms. The maximum Gasteiger partial charge on any atom is 0.342 e. The number of nitrogens with two attached hydrogens (primary N) is 1. The van der Waals surface area contributed by atoms with Gasteiger partial charge in [-0.1, -0.05) is 12.1 Å². The maximum absolute atomic E-state index is 13.6. The summed E-state index contributed by atoms with van der Waals surface area (Å²) in [5.74, 6) is -0.968. The van der Waals surface area contributed by atoms with Gasteiger partial charge in [-0.2, -0.15) is 5.26 Å². The van der Waals surface area contributed by atoms with E-state index in [0.29, 0.717) is 11.1 Å². The third-order valence-corrected chi connectivity index (χ3v) is 2.25. The Bertz CT molecular complexity index is 425. The summed E-state index contributed by atoms with van der Waals surface area (Å²) in [5.41, 5.74) is 6.50. The van der Waals surface area contributed by atoms with Crippen molar-refractivity contribution in [2.75, 3.05) is 6.61 Å². The second kappa shape index (κ2) is 5.97. The summed E-state index contributed by atoms with van der Waals surface area (Å²) in [6.45, 7) is 1.71. The number of nitrogens with zero attached hydrogens (tertiary/aromatic N) is 1. The van der Waals surface area contributed by atoms with E-state index in [2.05, 4.69) is 4.74 Å². The first-order chi connectivity index (χ1) is 8.10. The molecule has 0 aromatic heterocycles. The van der Waals surface area contributed by atoms with Crippen LogP contribution in [0.5, 0.6) is 0 Å². The molecule has 0 saturated heterocycles. The number of nitriles is 1. The maximum atomic E-state index is 13.6. The molecule has 2 atom stereocenters. The quantitative estimate of drug-likeness (QED) is 0.803. The molecular formula is C12H13FN2O2. The molecule has 0 aliphatic carbocycles. The van der Waals surface area contributed by atoms with Crippen LogP contribution in [0.15, 0.2) is 24.3 Å². The van der Waals surface area contributed by atoms with Gasteiger partial charge in [0.2, 0.25) is 6.17 Å². The number of ether oxygens (including phenoxy) is 1. The Balaban J connectivity index is 2.78. The number of carbonyl (C=O) groups excluding carboxylic acids is 1.